The Bertz CT molecular complexity index is 1320. The van der Waals surface area contributed by atoms with E-state index in [-0.39, 0.29) is 24.1 Å². The summed E-state index contributed by atoms with van der Waals surface area (Å²) in [6, 6.07) is 10.0. The van der Waals surface area contributed by atoms with Crippen LogP contribution in [0, 0.1) is 0 Å². The molecule has 4 aromatic rings. The Labute approximate surface area is 164 Å². The topological polar surface area (TPSA) is 105 Å². The molecule has 8 heteroatoms. The van der Waals surface area contributed by atoms with Crippen molar-refractivity contribution in [3.05, 3.63) is 69.0 Å². The van der Waals surface area contributed by atoms with Crippen LogP contribution in [0.4, 0.5) is 0 Å². The average molecular weight is 394 g/mol. The molecule has 0 aliphatic heterocycles. The van der Waals surface area contributed by atoms with Gasteiger partial charge in [0, 0.05) is 12.3 Å². The Morgan fingerprint density at radius 3 is 2.00 bits per heavy atom. The highest BCUT2D eigenvalue weighted by atomic mass is 16.5. The smallest absolute Gasteiger partial charge is 0.346 e. The molecule has 0 saturated heterocycles. The van der Waals surface area contributed by atoms with Gasteiger partial charge in [0.05, 0.1) is 36.0 Å². The van der Waals surface area contributed by atoms with Crippen LogP contribution in [0.15, 0.2) is 54.8 Å². The Morgan fingerprint density at radius 1 is 0.862 bits per heavy atom. The predicted octanol–water partition coefficient (Wildman–Crippen LogP) is 3.05. The third-order valence-corrected chi connectivity index (χ3v) is 4.63. The van der Waals surface area contributed by atoms with E-state index < -0.39 is 11.3 Å². The number of hydrogen-bond acceptors (Lipinski definition) is 8. The van der Waals surface area contributed by atoms with Crippen LogP contribution in [-0.2, 0) is 6.42 Å². The van der Waals surface area contributed by atoms with Crippen LogP contribution in [-0.4, -0.2) is 24.2 Å². The van der Waals surface area contributed by atoms with Crippen LogP contribution in [0.3, 0.4) is 0 Å². The summed E-state index contributed by atoms with van der Waals surface area (Å²) in [6.45, 7) is 1.82. The zero-order chi connectivity index (χ0) is 20.5. The summed E-state index contributed by atoms with van der Waals surface area (Å²) in [5, 5.41) is 0.676. The monoisotopic (exact) mass is 394 g/mol. The lowest BCUT2D eigenvalue weighted by Crippen LogP contribution is -2.12. The number of nitrogens with zero attached hydrogens (tertiary/aromatic N) is 2. The molecule has 0 fully saturated rings. The van der Waals surface area contributed by atoms with Crippen molar-refractivity contribution in [3.8, 4) is 11.5 Å². The summed E-state index contributed by atoms with van der Waals surface area (Å²) in [6.07, 6.45) is 0.245. The molecule has 0 radical (unpaired) electrons. The van der Waals surface area contributed by atoms with Crippen LogP contribution >= 0.6 is 0 Å². The van der Waals surface area contributed by atoms with Crippen molar-refractivity contribution in [2.24, 2.45) is 0 Å². The van der Waals surface area contributed by atoms with Crippen LogP contribution in [0.5, 0.6) is 11.5 Å². The standard InChI is InChI=1S/C21H18N2O6/c1-11(19-23-17-7-5-13(27-3)10-15(17)21(25)29-19)8-18-22-16-6-4-12(26-2)9-14(16)20(24)28-18/h4-7,9-11H,8H2,1-3H3. The first kappa shape index (κ1) is 18.7. The maximum absolute atomic E-state index is 12.4. The Hall–Kier alpha value is -3.68. The van der Waals surface area contributed by atoms with Gasteiger partial charge in [-0.25, -0.2) is 19.6 Å². The molecule has 1 atom stereocenters. The summed E-state index contributed by atoms with van der Waals surface area (Å²) in [5.74, 6) is 1.24. The van der Waals surface area contributed by atoms with E-state index in [9.17, 15) is 9.59 Å². The fraction of sp³-hybridized carbons (Fsp3) is 0.238. The van der Waals surface area contributed by atoms with Gasteiger partial charge < -0.3 is 18.3 Å². The molecule has 29 heavy (non-hydrogen) atoms. The third-order valence-electron chi connectivity index (χ3n) is 4.63. The van der Waals surface area contributed by atoms with Gasteiger partial charge >= 0.3 is 11.3 Å². The summed E-state index contributed by atoms with van der Waals surface area (Å²) in [7, 11) is 3.04. The molecule has 0 saturated carbocycles. The molecule has 0 aliphatic rings. The van der Waals surface area contributed by atoms with Gasteiger partial charge in [-0.05, 0) is 36.4 Å². The second-order valence-electron chi connectivity index (χ2n) is 6.61. The number of aromatic nitrogens is 2. The molecule has 148 valence electrons. The van der Waals surface area contributed by atoms with E-state index in [1.807, 2.05) is 6.92 Å². The predicted molar refractivity (Wildman–Crippen MR) is 106 cm³/mol. The Morgan fingerprint density at radius 2 is 1.41 bits per heavy atom. The van der Waals surface area contributed by atoms with Crippen molar-refractivity contribution in [2.45, 2.75) is 19.3 Å². The molecule has 8 nitrogen and oxygen atoms in total. The van der Waals surface area contributed by atoms with Crippen molar-refractivity contribution in [2.75, 3.05) is 14.2 Å². The Balaban J connectivity index is 1.68. The minimum Gasteiger partial charge on any atom is -0.497 e. The van der Waals surface area contributed by atoms with E-state index in [0.29, 0.717) is 33.3 Å². The van der Waals surface area contributed by atoms with Crippen molar-refractivity contribution in [1.82, 2.24) is 9.97 Å². The van der Waals surface area contributed by atoms with Crippen LogP contribution in [0.2, 0.25) is 0 Å². The molecule has 4 rings (SSSR count). The number of fused-ring (bicyclic) bond motifs is 2. The second-order valence-corrected chi connectivity index (χ2v) is 6.61. The number of hydrogen-bond donors (Lipinski definition) is 0. The molecule has 0 amide bonds. The van der Waals surface area contributed by atoms with E-state index in [2.05, 4.69) is 9.97 Å². The van der Waals surface area contributed by atoms with Gasteiger partial charge in [0.15, 0.2) is 5.89 Å². The maximum atomic E-state index is 12.4. The fourth-order valence-electron chi connectivity index (χ4n) is 3.06. The Kier molecular flexibility index (Phi) is 4.75. The minimum absolute atomic E-state index is 0.236. The van der Waals surface area contributed by atoms with Crippen molar-refractivity contribution >= 4 is 21.8 Å². The lowest BCUT2D eigenvalue weighted by atomic mass is 10.1. The van der Waals surface area contributed by atoms with Gasteiger partial charge in [0.2, 0.25) is 5.89 Å². The quantitative estimate of drug-likeness (QED) is 0.509. The molecule has 0 spiro atoms. The third kappa shape index (κ3) is 3.56. The summed E-state index contributed by atoms with van der Waals surface area (Å²) >= 11 is 0. The highest BCUT2D eigenvalue weighted by molar-refractivity contribution is 5.79. The number of ether oxygens (including phenoxy) is 2. The highest BCUT2D eigenvalue weighted by Gasteiger charge is 2.18. The summed E-state index contributed by atoms with van der Waals surface area (Å²) in [5.41, 5.74) is 0.0000680. The van der Waals surface area contributed by atoms with Crippen LogP contribution in [0.25, 0.3) is 21.8 Å². The first-order valence-corrected chi connectivity index (χ1v) is 8.95. The molecule has 2 aromatic carbocycles. The number of methoxy groups -OCH3 is 2. The molecular weight excluding hydrogens is 376 g/mol. The molecule has 2 aromatic heterocycles. The molecular formula is C21H18N2O6. The lowest BCUT2D eigenvalue weighted by molar-refractivity contribution is 0.380. The number of benzene rings is 2. The van der Waals surface area contributed by atoms with Crippen molar-refractivity contribution in [3.63, 3.8) is 0 Å². The average Bonchev–Trinajstić information content (AvgIpc) is 2.73. The second kappa shape index (κ2) is 7.38. The minimum atomic E-state index is -0.504. The van der Waals surface area contributed by atoms with Gasteiger partial charge in [-0.1, -0.05) is 6.92 Å². The van der Waals surface area contributed by atoms with Gasteiger partial charge in [-0.2, -0.15) is 0 Å². The largest absolute Gasteiger partial charge is 0.497 e. The normalized spacial score (nSPS) is 12.2. The van der Waals surface area contributed by atoms with Gasteiger partial charge in [0.1, 0.15) is 11.5 Å². The van der Waals surface area contributed by atoms with Gasteiger partial charge in [-0.3, -0.25) is 0 Å². The van der Waals surface area contributed by atoms with Gasteiger partial charge in [-0.15, -0.1) is 0 Å². The van der Waals surface area contributed by atoms with Crippen molar-refractivity contribution in [1.29, 1.82) is 0 Å². The number of rotatable bonds is 5. The van der Waals surface area contributed by atoms with Gasteiger partial charge in [0.25, 0.3) is 0 Å². The highest BCUT2D eigenvalue weighted by Crippen LogP contribution is 2.22. The zero-order valence-electron chi connectivity index (χ0n) is 16.1. The van der Waals surface area contributed by atoms with E-state index >= 15 is 0 Å². The molecule has 2 heterocycles. The molecule has 0 bridgehead atoms. The molecule has 0 aliphatic carbocycles. The van der Waals surface area contributed by atoms with Crippen molar-refractivity contribution < 1.29 is 18.3 Å². The summed E-state index contributed by atoms with van der Waals surface area (Å²) in [4.78, 5) is 33.5. The summed E-state index contributed by atoms with van der Waals surface area (Å²) < 4.78 is 21.0. The first-order valence-electron chi connectivity index (χ1n) is 8.95. The molecule has 1 unspecified atom stereocenters. The van der Waals surface area contributed by atoms with E-state index in [1.54, 1.807) is 36.4 Å². The van der Waals surface area contributed by atoms with E-state index in [4.69, 9.17) is 18.3 Å². The molecule has 0 N–H and O–H groups in total. The first-order chi connectivity index (χ1) is 14.0. The SMILES string of the molecule is COc1ccc2nc(CC(C)c3nc4ccc(OC)cc4c(=O)o3)oc(=O)c2c1. The van der Waals surface area contributed by atoms with E-state index in [1.165, 1.54) is 14.2 Å². The van der Waals surface area contributed by atoms with Crippen LogP contribution in [0.1, 0.15) is 24.6 Å². The van der Waals surface area contributed by atoms with Crippen LogP contribution < -0.4 is 20.7 Å². The lowest BCUT2D eigenvalue weighted by Gasteiger charge is -2.10. The van der Waals surface area contributed by atoms with E-state index in [0.717, 1.165) is 0 Å². The zero-order valence-corrected chi connectivity index (χ0v) is 16.1. The maximum Gasteiger partial charge on any atom is 0.346 e. The fourth-order valence-corrected chi connectivity index (χ4v) is 3.06.